The molecular weight excluding hydrogens is 220 g/mol. The third-order valence-electron chi connectivity index (χ3n) is 2.25. The Bertz CT molecular complexity index is 467. The van der Waals surface area contributed by atoms with Crippen LogP contribution in [0, 0.1) is 13.8 Å². The van der Waals surface area contributed by atoms with Crippen molar-refractivity contribution in [1.82, 2.24) is 0 Å². The van der Waals surface area contributed by atoms with E-state index in [0.29, 0.717) is 5.69 Å². The number of carbonyl (C=O) groups excluding carboxylic acids is 1. The quantitative estimate of drug-likeness (QED) is 0.641. The average molecular weight is 234 g/mol. The number of hydrogen-bond acceptors (Lipinski definition) is 4. The van der Waals surface area contributed by atoms with Crippen LogP contribution in [0.2, 0.25) is 0 Å². The van der Waals surface area contributed by atoms with Crippen molar-refractivity contribution in [1.29, 1.82) is 0 Å². The summed E-state index contributed by atoms with van der Waals surface area (Å²) in [4.78, 5) is 21.7. The van der Waals surface area contributed by atoms with Crippen LogP contribution in [0.25, 0.3) is 0 Å². The van der Waals surface area contributed by atoms with E-state index in [4.69, 9.17) is 5.11 Å². The van der Waals surface area contributed by atoms with E-state index in [1.165, 1.54) is 6.92 Å². The van der Waals surface area contributed by atoms with Gasteiger partial charge in [-0.2, -0.15) is 10.2 Å². The zero-order valence-corrected chi connectivity index (χ0v) is 9.97. The first kappa shape index (κ1) is 13.0. The van der Waals surface area contributed by atoms with Gasteiger partial charge in [0, 0.05) is 0 Å². The molecule has 0 heterocycles. The largest absolute Gasteiger partial charge is 0.479 e. The van der Waals surface area contributed by atoms with Crippen molar-refractivity contribution in [3.63, 3.8) is 0 Å². The molecule has 0 aromatic heterocycles. The number of Topliss-reactive ketones (excluding diaryl/α,β-unsaturated/α-hetero) is 1. The van der Waals surface area contributed by atoms with Crippen LogP contribution in [0.1, 0.15) is 18.1 Å². The maximum absolute atomic E-state index is 11.0. The molecule has 0 saturated heterocycles. The van der Waals surface area contributed by atoms with Crippen LogP contribution in [0.3, 0.4) is 0 Å². The van der Waals surface area contributed by atoms with E-state index in [1.54, 1.807) is 6.07 Å². The Balaban J connectivity index is 2.96. The molecule has 1 aromatic carbocycles. The SMILES string of the molecule is CC(=O)C(N=Nc1ccc(C)cc1C)C(=O)O. The zero-order valence-electron chi connectivity index (χ0n) is 9.97. The van der Waals surface area contributed by atoms with Gasteiger partial charge in [0.1, 0.15) is 0 Å². The van der Waals surface area contributed by atoms with Gasteiger partial charge in [0.2, 0.25) is 6.04 Å². The fourth-order valence-corrected chi connectivity index (χ4v) is 1.34. The minimum atomic E-state index is -1.42. The normalized spacial score (nSPS) is 12.6. The summed E-state index contributed by atoms with van der Waals surface area (Å²) in [5, 5.41) is 16.1. The highest BCUT2D eigenvalue weighted by atomic mass is 16.4. The molecule has 0 radical (unpaired) electrons. The summed E-state index contributed by atoms with van der Waals surface area (Å²) >= 11 is 0. The highest BCUT2D eigenvalue weighted by molar-refractivity contribution is 6.01. The fraction of sp³-hybridized carbons (Fsp3) is 0.333. The van der Waals surface area contributed by atoms with Crippen LogP contribution in [0.5, 0.6) is 0 Å². The van der Waals surface area contributed by atoms with Gasteiger partial charge in [-0.1, -0.05) is 17.7 Å². The minimum absolute atomic E-state index is 0.536. The Morgan fingerprint density at radius 1 is 1.29 bits per heavy atom. The van der Waals surface area contributed by atoms with E-state index in [9.17, 15) is 9.59 Å². The third-order valence-corrected chi connectivity index (χ3v) is 2.25. The lowest BCUT2D eigenvalue weighted by Gasteiger charge is -2.03. The molecule has 0 spiro atoms. The number of ketones is 1. The number of azo groups is 1. The molecule has 0 amide bonds. The van der Waals surface area contributed by atoms with Crippen molar-refractivity contribution >= 4 is 17.4 Å². The van der Waals surface area contributed by atoms with Gasteiger partial charge >= 0.3 is 5.97 Å². The second kappa shape index (κ2) is 5.34. The summed E-state index contributed by atoms with van der Waals surface area (Å²) in [6, 6.07) is 4.09. The van der Waals surface area contributed by atoms with Crippen molar-refractivity contribution in [2.45, 2.75) is 26.8 Å². The van der Waals surface area contributed by atoms with Gasteiger partial charge in [0.25, 0.3) is 0 Å². The van der Waals surface area contributed by atoms with Crippen molar-refractivity contribution in [3.8, 4) is 0 Å². The number of carboxylic acids is 1. The molecule has 1 atom stereocenters. The van der Waals surface area contributed by atoms with Gasteiger partial charge in [0.05, 0.1) is 5.69 Å². The summed E-state index contributed by atoms with van der Waals surface area (Å²) in [7, 11) is 0. The fourth-order valence-electron chi connectivity index (χ4n) is 1.34. The van der Waals surface area contributed by atoms with Crippen molar-refractivity contribution in [2.24, 2.45) is 10.2 Å². The summed E-state index contributed by atoms with van der Waals surface area (Å²) in [5.74, 6) is -1.82. The molecule has 1 rings (SSSR count). The van der Waals surface area contributed by atoms with E-state index < -0.39 is 17.8 Å². The number of benzene rings is 1. The van der Waals surface area contributed by atoms with Gasteiger partial charge in [-0.05, 0) is 32.4 Å². The molecule has 5 heteroatoms. The van der Waals surface area contributed by atoms with E-state index in [1.807, 2.05) is 26.0 Å². The zero-order chi connectivity index (χ0) is 13.0. The van der Waals surface area contributed by atoms with Crippen LogP contribution in [0.15, 0.2) is 28.4 Å². The number of aliphatic carboxylic acids is 1. The molecule has 0 saturated carbocycles. The first-order valence-corrected chi connectivity index (χ1v) is 5.13. The number of carboxylic acid groups (broad SMARTS) is 1. The monoisotopic (exact) mass is 234 g/mol. The summed E-state index contributed by atoms with van der Waals surface area (Å²) in [6.07, 6.45) is 0. The summed E-state index contributed by atoms with van der Waals surface area (Å²) in [6.45, 7) is 4.98. The van der Waals surface area contributed by atoms with Crippen molar-refractivity contribution in [2.75, 3.05) is 0 Å². The van der Waals surface area contributed by atoms with E-state index >= 15 is 0 Å². The van der Waals surface area contributed by atoms with Gasteiger partial charge in [-0.3, -0.25) is 4.79 Å². The first-order valence-electron chi connectivity index (χ1n) is 5.13. The van der Waals surface area contributed by atoms with Crippen LogP contribution in [-0.2, 0) is 9.59 Å². The van der Waals surface area contributed by atoms with Crippen molar-refractivity contribution in [3.05, 3.63) is 29.3 Å². The Labute approximate surface area is 99.2 Å². The highest BCUT2D eigenvalue weighted by Gasteiger charge is 2.21. The predicted octanol–water partition coefficient (Wildman–Crippen LogP) is 2.43. The standard InChI is InChI=1S/C12H14N2O3/c1-7-4-5-10(8(2)6-7)13-14-11(9(3)15)12(16)17/h4-6,11H,1-3H3,(H,16,17). The molecule has 5 nitrogen and oxygen atoms in total. The van der Waals surface area contributed by atoms with E-state index in [0.717, 1.165) is 11.1 Å². The predicted molar refractivity (Wildman–Crippen MR) is 62.5 cm³/mol. The van der Waals surface area contributed by atoms with Gasteiger partial charge < -0.3 is 5.11 Å². The highest BCUT2D eigenvalue weighted by Crippen LogP contribution is 2.20. The van der Waals surface area contributed by atoms with Gasteiger partial charge in [0.15, 0.2) is 5.78 Å². The Kier molecular flexibility index (Phi) is 4.09. The first-order chi connectivity index (χ1) is 7.91. The lowest BCUT2D eigenvalue weighted by atomic mass is 10.1. The minimum Gasteiger partial charge on any atom is -0.479 e. The molecule has 0 bridgehead atoms. The Morgan fingerprint density at radius 2 is 1.94 bits per heavy atom. The van der Waals surface area contributed by atoms with Crippen molar-refractivity contribution < 1.29 is 14.7 Å². The molecule has 1 unspecified atom stereocenters. The number of aryl methyl sites for hydroxylation is 2. The van der Waals surface area contributed by atoms with Crippen LogP contribution >= 0.6 is 0 Å². The summed E-state index contributed by atoms with van der Waals surface area (Å²) in [5.41, 5.74) is 2.55. The molecular formula is C12H14N2O3. The topological polar surface area (TPSA) is 79.1 Å². The average Bonchev–Trinajstić information content (AvgIpc) is 2.20. The molecule has 17 heavy (non-hydrogen) atoms. The van der Waals surface area contributed by atoms with Crippen LogP contribution < -0.4 is 0 Å². The lowest BCUT2D eigenvalue weighted by Crippen LogP contribution is -2.25. The molecule has 0 aliphatic carbocycles. The Morgan fingerprint density at radius 3 is 2.41 bits per heavy atom. The smallest absolute Gasteiger partial charge is 0.338 e. The Hall–Kier alpha value is -2.04. The molecule has 0 aliphatic rings. The second-order valence-corrected chi connectivity index (χ2v) is 3.86. The third kappa shape index (κ3) is 3.48. The second-order valence-electron chi connectivity index (χ2n) is 3.86. The van der Waals surface area contributed by atoms with Crippen LogP contribution in [0.4, 0.5) is 5.69 Å². The van der Waals surface area contributed by atoms with Gasteiger partial charge in [-0.25, -0.2) is 4.79 Å². The maximum Gasteiger partial charge on any atom is 0.338 e. The van der Waals surface area contributed by atoms with Crippen LogP contribution in [-0.4, -0.2) is 22.9 Å². The van der Waals surface area contributed by atoms with E-state index in [2.05, 4.69) is 10.2 Å². The number of hydrogen-bond donors (Lipinski definition) is 1. The molecule has 0 aliphatic heterocycles. The molecule has 1 N–H and O–H groups in total. The summed E-state index contributed by atoms with van der Waals surface area (Å²) < 4.78 is 0. The number of carbonyl (C=O) groups is 2. The number of rotatable bonds is 4. The number of nitrogens with zero attached hydrogens (tertiary/aromatic N) is 2. The lowest BCUT2D eigenvalue weighted by molar-refractivity contribution is -0.141. The van der Waals surface area contributed by atoms with Gasteiger partial charge in [-0.15, -0.1) is 0 Å². The maximum atomic E-state index is 11.0. The molecule has 90 valence electrons. The molecule has 1 aromatic rings. The van der Waals surface area contributed by atoms with E-state index in [-0.39, 0.29) is 0 Å². The molecule has 0 fully saturated rings.